The lowest BCUT2D eigenvalue weighted by Gasteiger charge is -2.29. The molecule has 2 heterocycles. The highest BCUT2D eigenvalue weighted by Gasteiger charge is 2.24. The molecule has 19 heavy (non-hydrogen) atoms. The van der Waals surface area contributed by atoms with Crippen molar-refractivity contribution in [3.8, 4) is 0 Å². The van der Waals surface area contributed by atoms with Crippen molar-refractivity contribution in [2.24, 2.45) is 0 Å². The van der Waals surface area contributed by atoms with Gasteiger partial charge in [-0.1, -0.05) is 17.7 Å². The molecule has 0 spiro atoms. The van der Waals surface area contributed by atoms with E-state index in [1.54, 1.807) is 6.20 Å². The number of carbonyl (C=O) groups is 1. The fraction of sp³-hybridized carbons (Fsp3) is 0.267. The van der Waals surface area contributed by atoms with E-state index in [0.717, 1.165) is 29.5 Å². The highest BCUT2D eigenvalue weighted by Crippen LogP contribution is 2.29. The number of hydrogen-bond acceptors (Lipinski definition) is 1. The Morgan fingerprint density at radius 3 is 2.95 bits per heavy atom. The summed E-state index contributed by atoms with van der Waals surface area (Å²) >= 11 is 3.36. The van der Waals surface area contributed by atoms with Crippen LogP contribution in [0.4, 0.5) is 5.69 Å². The van der Waals surface area contributed by atoms with Crippen LogP contribution in [0.25, 0.3) is 0 Å². The molecule has 0 unspecified atom stereocenters. The Balaban J connectivity index is 1.97. The van der Waals surface area contributed by atoms with Gasteiger partial charge in [0.15, 0.2) is 0 Å². The number of nitrogens with one attached hydrogen (secondary N) is 1. The molecule has 4 heteroatoms. The maximum atomic E-state index is 12.5. The number of rotatable bonds is 1. The number of amides is 1. The third-order valence-electron chi connectivity index (χ3n) is 3.48. The van der Waals surface area contributed by atoms with Gasteiger partial charge < -0.3 is 9.88 Å². The summed E-state index contributed by atoms with van der Waals surface area (Å²) in [5.74, 6) is 0.0375. The smallest absolute Gasteiger partial charge is 0.274 e. The highest BCUT2D eigenvalue weighted by atomic mass is 79.9. The molecule has 1 amide bonds. The number of benzene rings is 1. The average Bonchev–Trinajstić information content (AvgIpc) is 2.83. The maximum Gasteiger partial charge on any atom is 0.274 e. The molecule has 0 bridgehead atoms. The van der Waals surface area contributed by atoms with Gasteiger partial charge in [-0.3, -0.25) is 4.79 Å². The molecule has 0 saturated heterocycles. The Morgan fingerprint density at radius 2 is 2.21 bits per heavy atom. The number of halogens is 1. The zero-order valence-electron chi connectivity index (χ0n) is 10.7. The van der Waals surface area contributed by atoms with Crippen LogP contribution in [-0.2, 0) is 6.42 Å². The molecule has 0 radical (unpaired) electrons. The summed E-state index contributed by atoms with van der Waals surface area (Å²) in [6, 6.07) is 8.12. The lowest BCUT2D eigenvalue weighted by Crippen LogP contribution is -2.35. The fourth-order valence-corrected chi connectivity index (χ4v) is 2.92. The summed E-state index contributed by atoms with van der Waals surface area (Å²) in [6.07, 6.45) is 3.85. The summed E-state index contributed by atoms with van der Waals surface area (Å²) < 4.78 is 0.900. The molecule has 1 aromatic carbocycles. The lowest BCUT2D eigenvalue weighted by molar-refractivity contribution is 0.0981. The number of aromatic nitrogens is 1. The summed E-state index contributed by atoms with van der Waals surface area (Å²) in [5.41, 5.74) is 4.19. The van der Waals surface area contributed by atoms with Crippen LogP contribution in [0, 0.1) is 6.92 Å². The van der Waals surface area contributed by atoms with E-state index in [-0.39, 0.29) is 5.91 Å². The molecule has 1 aromatic heterocycles. The van der Waals surface area contributed by atoms with E-state index in [9.17, 15) is 4.79 Å². The van der Waals surface area contributed by atoms with Crippen molar-refractivity contribution in [1.29, 1.82) is 0 Å². The van der Waals surface area contributed by atoms with Gasteiger partial charge in [0.05, 0.1) is 0 Å². The Labute approximate surface area is 120 Å². The number of nitrogens with zero attached hydrogens (tertiary/aromatic N) is 1. The lowest BCUT2D eigenvalue weighted by atomic mass is 9.99. The fourth-order valence-electron chi connectivity index (χ4n) is 2.57. The minimum absolute atomic E-state index is 0.0375. The normalized spacial score (nSPS) is 14.3. The first-order valence-electron chi connectivity index (χ1n) is 6.40. The predicted octanol–water partition coefficient (Wildman–Crippen LogP) is 3.68. The van der Waals surface area contributed by atoms with Gasteiger partial charge in [-0.25, -0.2) is 0 Å². The molecule has 0 aliphatic carbocycles. The SMILES string of the molecule is Cc1ccc2c(c1)CCCN2C(=O)c1cc(Br)c[nH]1. The van der Waals surface area contributed by atoms with Gasteiger partial charge in [0.2, 0.25) is 0 Å². The van der Waals surface area contributed by atoms with E-state index in [0.29, 0.717) is 5.69 Å². The molecule has 1 N–H and O–H groups in total. The first-order valence-corrected chi connectivity index (χ1v) is 7.20. The summed E-state index contributed by atoms with van der Waals surface area (Å²) in [6.45, 7) is 2.87. The molecule has 3 rings (SSSR count). The second-order valence-corrected chi connectivity index (χ2v) is 5.84. The molecular weight excluding hydrogens is 304 g/mol. The second kappa shape index (κ2) is 4.85. The number of aromatic amines is 1. The van der Waals surface area contributed by atoms with E-state index in [1.165, 1.54) is 11.1 Å². The van der Waals surface area contributed by atoms with Crippen LogP contribution in [0.15, 0.2) is 34.9 Å². The van der Waals surface area contributed by atoms with Crippen LogP contribution in [0.2, 0.25) is 0 Å². The number of anilines is 1. The van der Waals surface area contributed by atoms with Gasteiger partial charge in [0.25, 0.3) is 5.91 Å². The number of aryl methyl sites for hydroxylation is 2. The Morgan fingerprint density at radius 1 is 1.37 bits per heavy atom. The van der Waals surface area contributed by atoms with Crippen molar-refractivity contribution >= 4 is 27.5 Å². The molecule has 1 aliphatic heterocycles. The third kappa shape index (κ3) is 2.32. The molecule has 2 aromatic rings. The van der Waals surface area contributed by atoms with E-state index < -0.39 is 0 Å². The largest absolute Gasteiger partial charge is 0.356 e. The third-order valence-corrected chi connectivity index (χ3v) is 3.93. The van der Waals surface area contributed by atoms with Crippen molar-refractivity contribution in [2.45, 2.75) is 19.8 Å². The van der Waals surface area contributed by atoms with Gasteiger partial charge in [-0.2, -0.15) is 0 Å². The summed E-state index contributed by atoms with van der Waals surface area (Å²) in [4.78, 5) is 17.4. The Kier molecular flexibility index (Phi) is 3.19. The van der Waals surface area contributed by atoms with Crippen LogP contribution in [0.5, 0.6) is 0 Å². The minimum atomic E-state index is 0.0375. The molecule has 0 saturated carbocycles. The Hall–Kier alpha value is -1.55. The molecule has 0 atom stereocenters. The molecule has 98 valence electrons. The maximum absolute atomic E-state index is 12.5. The number of carbonyl (C=O) groups excluding carboxylic acids is 1. The van der Waals surface area contributed by atoms with Crippen LogP contribution < -0.4 is 4.90 Å². The van der Waals surface area contributed by atoms with Crippen molar-refractivity contribution in [2.75, 3.05) is 11.4 Å². The van der Waals surface area contributed by atoms with Crippen LogP contribution in [0.3, 0.4) is 0 Å². The van der Waals surface area contributed by atoms with Crippen molar-refractivity contribution < 1.29 is 4.79 Å². The van der Waals surface area contributed by atoms with Crippen molar-refractivity contribution in [3.63, 3.8) is 0 Å². The predicted molar refractivity (Wildman–Crippen MR) is 79.7 cm³/mol. The first-order chi connectivity index (χ1) is 9.15. The van der Waals surface area contributed by atoms with Crippen molar-refractivity contribution in [3.05, 3.63) is 51.8 Å². The van der Waals surface area contributed by atoms with E-state index in [1.807, 2.05) is 11.0 Å². The standard InChI is InChI=1S/C15H15BrN2O/c1-10-4-5-14-11(7-10)3-2-6-18(14)15(19)13-8-12(16)9-17-13/h4-5,7-9,17H,2-3,6H2,1H3. The van der Waals surface area contributed by atoms with Crippen LogP contribution >= 0.6 is 15.9 Å². The molecule has 0 fully saturated rings. The Bertz CT molecular complexity index is 633. The number of H-pyrrole nitrogens is 1. The topological polar surface area (TPSA) is 36.1 Å². The van der Waals surface area contributed by atoms with E-state index >= 15 is 0 Å². The van der Waals surface area contributed by atoms with Gasteiger partial charge in [-0.05, 0) is 53.4 Å². The van der Waals surface area contributed by atoms with Crippen molar-refractivity contribution in [1.82, 2.24) is 4.98 Å². The van der Waals surface area contributed by atoms with Crippen LogP contribution in [-0.4, -0.2) is 17.4 Å². The minimum Gasteiger partial charge on any atom is -0.356 e. The van der Waals surface area contributed by atoms with Crippen LogP contribution in [0.1, 0.15) is 28.0 Å². The number of fused-ring (bicyclic) bond motifs is 1. The zero-order chi connectivity index (χ0) is 13.4. The quantitative estimate of drug-likeness (QED) is 0.855. The summed E-state index contributed by atoms with van der Waals surface area (Å²) in [7, 11) is 0. The second-order valence-electron chi connectivity index (χ2n) is 4.92. The van der Waals surface area contributed by atoms with Gasteiger partial charge in [-0.15, -0.1) is 0 Å². The monoisotopic (exact) mass is 318 g/mol. The number of hydrogen-bond donors (Lipinski definition) is 1. The molecule has 3 nitrogen and oxygen atoms in total. The molecular formula is C15H15BrN2O. The highest BCUT2D eigenvalue weighted by molar-refractivity contribution is 9.10. The van der Waals surface area contributed by atoms with Gasteiger partial charge >= 0.3 is 0 Å². The zero-order valence-corrected chi connectivity index (χ0v) is 12.3. The molecule has 1 aliphatic rings. The average molecular weight is 319 g/mol. The van der Waals surface area contributed by atoms with E-state index in [2.05, 4.69) is 46.0 Å². The van der Waals surface area contributed by atoms with Gasteiger partial charge in [0.1, 0.15) is 5.69 Å². The first kappa shape index (κ1) is 12.5. The summed E-state index contributed by atoms with van der Waals surface area (Å²) in [5, 5.41) is 0. The van der Waals surface area contributed by atoms with E-state index in [4.69, 9.17) is 0 Å². The van der Waals surface area contributed by atoms with Gasteiger partial charge in [0, 0.05) is 22.9 Å².